The number of aryl methyl sites for hydroxylation is 1. The number of methoxy groups -OCH3 is 1. The first-order valence-electron chi connectivity index (χ1n) is 10.3. The fourth-order valence-electron chi connectivity index (χ4n) is 3.32. The first-order valence-corrected chi connectivity index (χ1v) is 11.4. The molecule has 0 bridgehead atoms. The zero-order valence-corrected chi connectivity index (χ0v) is 21.3. The van der Waals surface area contributed by atoms with Crippen LogP contribution in [0.15, 0.2) is 47.5 Å². The van der Waals surface area contributed by atoms with Gasteiger partial charge in [0.05, 0.1) is 13.7 Å². The maximum atomic E-state index is 5.50. The van der Waals surface area contributed by atoms with Gasteiger partial charge in [-0.1, -0.05) is 24.3 Å². The first kappa shape index (κ1) is 24.7. The summed E-state index contributed by atoms with van der Waals surface area (Å²) >= 11 is 2.04. The highest BCUT2D eigenvalue weighted by Gasteiger charge is 2.10. The molecule has 5 nitrogen and oxygen atoms in total. The van der Waals surface area contributed by atoms with Crippen molar-refractivity contribution in [2.24, 2.45) is 4.99 Å². The van der Waals surface area contributed by atoms with Gasteiger partial charge < -0.3 is 20.3 Å². The van der Waals surface area contributed by atoms with Crippen molar-refractivity contribution in [1.82, 2.24) is 10.6 Å². The summed E-state index contributed by atoms with van der Waals surface area (Å²) in [5.41, 5.74) is 4.84. The molecule has 1 fully saturated rings. The van der Waals surface area contributed by atoms with Gasteiger partial charge in [0.2, 0.25) is 0 Å². The van der Waals surface area contributed by atoms with E-state index in [2.05, 4.69) is 71.8 Å². The van der Waals surface area contributed by atoms with Crippen LogP contribution in [0.5, 0.6) is 5.75 Å². The summed E-state index contributed by atoms with van der Waals surface area (Å²) in [7, 11) is 1.71. The molecule has 1 saturated heterocycles. The summed E-state index contributed by atoms with van der Waals surface area (Å²) in [5.74, 6) is 4.15. The maximum Gasteiger partial charge on any atom is 0.191 e. The first-order chi connectivity index (χ1) is 14.2. The average Bonchev–Trinajstić information content (AvgIpc) is 2.77. The molecule has 0 radical (unpaired) electrons. The molecule has 2 N–H and O–H groups in total. The standard InChI is InChI=1S/C23H32N4OS.HI/c1-4-24-23(26-17-20-8-5-18(2)15-22(20)28-3)25-16-19-6-9-21(10-7-19)27-11-13-29-14-12-27;/h5-10,15H,4,11-14,16-17H2,1-3H3,(H2,24,25,26);1H. The van der Waals surface area contributed by atoms with Crippen molar-refractivity contribution in [3.05, 3.63) is 59.2 Å². The van der Waals surface area contributed by atoms with E-state index in [-0.39, 0.29) is 24.0 Å². The van der Waals surface area contributed by atoms with Gasteiger partial charge in [-0.15, -0.1) is 24.0 Å². The topological polar surface area (TPSA) is 48.9 Å². The fourth-order valence-corrected chi connectivity index (χ4v) is 4.23. The smallest absolute Gasteiger partial charge is 0.191 e. The second-order valence-corrected chi connectivity index (χ2v) is 8.35. The molecule has 2 aromatic carbocycles. The van der Waals surface area contributed by atoms with Gasteiger partial charge in [-0.25, -0.2) is 4.99 Å². The average molecular weight is 541 g/mol. The highest BCUT2D eigenvalue weighted by molar-refractivity contribution is 14.0. The number of nitrogens with zero attached hydrogens (tertiary/aromatic N) is 2. The fraction of sp³-hybridized carbons (Fsp3) is 0.435. The third-order valence-corrected chi connectivity index (χ3v) is 5.91. The largest absolute Gasteiger partial charge is 0.496 e. The number of hydrogen-bond acceptors (Lipinski definition) is 4. The molecule has 0 saturated carbocycles. The maximum absolute atomic E-state index is 5.50. The molecule has 2 aromatic rings. The van der Waals surface area contributed by atoms with Gasteiger partial charge >= 0.3 is 0 Å². The third kappa shape index (κ3) is 7.27. The van der Waals surface area contributed by atoms with Crippen LogP contribution < -0.4 is 20.3 Å². The van der Waals surface area contributed by atoms with Crippen molar-refractivity contribution in [3.8, 4) is 5.75 Å². The Balaban J connectivity index is 0.00000320. The molecule has 0 amide bonds. The van der Waals surface area contributed by atoms with Crippen LogP contribution in [0.2, 0.25) is 0 Å². The summed E-state index contributed by atoms with van der Waals surface area (Å²) in [6, 6.07) is 15.1. The lowest BCUT2D eigenvalue weighted by molar-refractivity contribution is 0.408. The molecule has 1 aliphatic rings. The van der Waals surface area contributed by atoms with Crippen molar-refractivity contribution < 1.29 is 4.74 Å². The van der Waals surface area contributed by atoms with Crippen LogP contribution >= 0.6 is 35.7 Å². The molecule has 1 heterocycles. The molecular formula is C23H33IN4OS. The lowest BCUT2D eigenvalue weighted by Crippen LogP contribution is -2.36. The Labute approximate surface area is 202 Å². The number of ether oxygens (including phenoxy) is 1. The molecule has 0 atom stereocenters. The van der Waals surface area contributed by atoms with E-state index >= 15 is 0 Å². The Bertz CT molecular complexity index is 807. The van der Waals surface area contributed by atoms with E-state index in [1.54, 1.807) is 7.11 Å². The normalized spacial score (nSPS) is 14.1. The monoisotopic (exact) mass is 540 g/mol. The lowest BCUT2D eigenvalue weighted by atomic mass is 10.1. The summed E-state index contributed by atoms with van der Waals surface area (Å²) in [4.78, 5) is 7.21. The zero-order chi connectivity index (χ0) is 20.5. The van der Waals surface area contributed by atoms with E-state index in [1.165, 1.54) is 28.3 Å². The van der Waals surface area contributed by atoms with Crippen molar-refractivity contribution in [1.29, 1.82) is 0 Å². The number of thioether (sulfide) groups is 1. The molecule has 7 heteroatoms. The van der Waals surface area contributed by atoms with Gasteiger partial charge in [-0.2, -0.15) is 11.8 Å². The number of halogens is 1. The van der Waals surface area contributed by atoms with E-state index in [0.29, 0.717) is 13.1 Å². The van der Waals surface area contributed by atoms with Gasteiger partial charge in [0, 0.05) is 48.9 Å². The van der Waals surface area contributed by atoms with Crippen molar-refractivity contribution in [2.75, 3.05) is 43.1 Å². The number of benzene rings is 2. The second kappa shape index (κ2) is 12.9. The van der Waals surface area contributed by atoms with Gasteiger partial charge in [0.15, 0.2) is 5.96 Å². The third-order valence-electron chi connectivity index (χ3n) is 4.97. The highest BCUT2D eigenvalue weighted by Crippen LogP contribution is 2.21. The Hall–Kier alpha value is -1.61. The van der Waals surface area contributed by atoms with Crippen LogP contribution in [0, 0.1) is 6.92 Å². The molecule has 1 aliphatic heterocycles. The molecule has 0 unspecified atom stereocenters. The number of hydrogen-bond donors (Lipinski definition) is 2. The van der Waals surface area contributed by atoms with Crippen molar-refractivity contribution in [2.45, 2.75) is 26.9 Å². The Kier molecular flexibility index (Phi) is 10.6. The quantitative estimate of drug-likeness (QED) is 0.309. The van der Waals surface area contributed by atoms with Gasteiger partial charge in [-0.05, 0) is 43.2 Å². The van der Waals surface area contributed by atoms with Crippen LogP contribution in [-0.4, -0.2) is 44.2 Å². The summed E-state index contributed by atoms with van der Waals surface area (Å²) < 4.78 is 5.50. The second-order valence-electron chi connectivity index (χ2n) is 7.13. The van der Waals surface area contributed by atoms with Crippen LogP contribution in [0.3, 0.4) is 0 Å². The number of aliphatic imine (C=N–C) groups is 1. The van der Waals surface area contributed by atoms with Gasteiger partial charge in [0.25, 0.3) is 0 Å². The number of rotatable bonds is 7. The number of anilines is 1. The Morgan fingerprint density at radius 3 is 2.50 bits per heavy atom. The predicted octanol–water partition coefficient (Wildman–Crippen LogP) is 4.43. The Morgan fingerprint density at radius 2 is 1.83 bits per heavy atom. The Morgan fingerprint density at radius 1 is 1.10 bits per heavy atom. The molecule has 0 aliphatic carbocycles. The van der Waals surface area contributed by atoms with Crippen LogP contribution in [0.1, 0.15) is 23.6 Å². The van der Waals surface area contributed by atoms with Gasteiger partial charge in [0.1, 0.15) is 5.75 Å². The highest BCUT2D eigenvalue weighted by atomic mass is 127. The van der Waals surface area contributed by atoms with Gasteiger partial charge in [-0.3, -0.25) is 0 Å². The number of nitrogens with one attached hydrogen (secondary N) is 2. The lowest BCUT2D eigenvalue weighted by Gasteiger charge is -2.28. The minimum atomic E-state index is 0. The zero-order valence-electron chi connectivity index (χ0n) is 18.1. The molecule has 3 rings (SSSR count). The van der Waals surface area contributed by atoms with Crippen molar-refractivity contribution >= 4 is 47.4 Å². The number of guanidine groups is 1. The molecule has 0 aromatic heterocycles. The van der Waals surface area contributed by atoms with Crippen LogP contribution in [-0.2, 0) is 13.1 Å². The van der Waals surface area contributed by atoms with E-state index < -0.39 is 0 Å². The summed E-state index contributed by atoms with van der Waals surface area (Å²) in [6.45, 7) is 8.56. The molecule has 30 heavy (non-hydrogen) atoms. The summed E-state index contributed by atoms with van der Waals surface area (Å²) in [6.07, 6.45) is 0. The molecule has 0 spiro atoms. The predicted molar refractivity (Wildman–Crippen MR) is 141 cm³/mol. The van der Waals surface area contributed by atoms with Crippen LogP contribution in [0.25, 0.3) is 0 Å². The van der Waals surface area contributed by atoms with E-state index in [0.717, 1.165) is 36.9 Å². The van der Waals surface area contributed by atoms with Crippen LogP contribution in [0.4, 0.5) is 5.69 Å². The van der Waals surface area contributed by atoms with E-state index in [4.69, 9.17) is 9.73 Å². The van der Waals surface area contributed by atoms with E-state index in [1.807, 2.05) is 11.8 Å². The summed E-state index contributed by atoms with van der Waals surface area (Å²) in [5, 5.41) is 6.74. The molecular weight excluding hydrogens is 507 g/mol. The minimum Gasteiger partial charge on any atom is -0.496 e. The van der Waals surface area contributed by atoms with E-state index in [9.17, 15) is 0 Å². The van der Waals surface area contributed by atoms with Crippen molar-refractivity contribution in [3.63, 3.8) is 0 Å². The molecule has 164 valence electrons. The minimum absolute atomic E-state index is 0. The SMILES string of the molecule is CCNC(=NCc1ccc(N2CCSCC2)cc1)NCc1ccc(C)cc1OC.I.